The van der Waals surface area contributed by atoms with Gasteiger partial charge in [-0.1, -0.05) is 48.5 Å². The van der Waals surface area contributed by atoms with Crippen LogP contribution in [0.2, 0.25) is 0 Å². The summed E-state index contributed by atoms with van der Waals surface area (Å²) in [5, 5.41) is 13.8. The summed E-state index contributed by atoms with van der Waals surface area (Å²) in [5.41, 5.74) is -0.0258. The predicted octanol–water partition coefficient (Wildman–Crippen LogP) is 3.06. The first-order valence-corrected chi connectivity index (χ1v) is 9.19. The number of hydrogen-bond donors (Lipinski definition) is 1. The lowest BCUT2D eigenvalue weighted by Gasteiger charge is -2.21. The Bertz CT molecular complexity index is 1140. The van der Waals surface area contributed by atoms with Gasteiger partial charge in [-0.2, -0.15) is 0 Å². The Labute approximate surface area is 171 Å². The molecule has 8 heteroatoms. The normalized spacial score (nSPS) is 12.6. The fourth-order valence-corrected chi connectivity index (χ4v) is 3.07. The number of nitro benzene ring substituents is 1. The van der Waals surface area contributed by atoms with Gasteiger partial charge < -0.3 is 5.32 Å². The number of carbonyl (C=O) groups is 2. The van der Waals surface area contributed by atoms with Gasteiger partial charge in [-0.15, -0.1) is 0 Å². The van der Waals surface area contributed by atoms with Crippen LogP contribution in [0, 0.1) is 10.1 Å². The van der Waals surface area contributed by atoms with Crippen molar-refractivity contribution >= 4 is 17.4 Å². The molecule has 1 heterocycles. The summed E-state index contributed by atoms with van der Waals surface area (Å²) in [7, 11) is 0. The van der Waals surface area contributed by atoms with Gasteiger partial charge in [0.1, 0.15) is 0 Å². The number of nitrogens with zero attached hydrogens (tertiary/aromatic N) is 2. The third-order valence-electron chi connectivity index (χ3n) is 4.63. The fraction of sp³-hybridized carbons (Fsp3) is 0.136. The molecular formula is C22H19N3O5. The van der Waals surface area contributed by atoms with E-state index < -0.39 is 34.3 Å². The first-order valence-electron chi connectivity index (χ1n) is 9.19. The summed E-state index contributed by atoms with van der Waals surface area (Å²) >= 11 is 0. The van der Waals surface area contributed by atoms with Crippen molar-refractivity contribution in [3.8, 4) is 0 Å². The van der Waals surface area contributed by atoms with E-state index in [2.05, 4.69) is 5.32 Å². The Morgan fingerprint density at radius 1 is 1.00 bits per heavy atom. The van der Waals surface area contributed by atoms with Gasteiger partial charge in [-0.25, -0.2) is 0 Å². The third kappa shape index (κ3) is 4.49. The summed E-state index contributed by atoms with van der Waals surface area (Å²) in [6.45, 7) is 1.76. The van der Waals surface area contributed by atoms with Crippen LogP contribution >= 0.6 is 0 Å². The van der Waals surface area contributed by atoms with Crippen molar-refractivity contribution in [1.82, 2.24) is 9.88 Å². The van der Waals surface area contributed by atoms with E-state index >= 15 is 0 Å². The second-order valence-electron chi connectivity index (χ2n) is 6.66. The van der Waals surface area contributed by atoms with Crippen LogP contribution in [-0.2, 0) is 4.79 Å². The summed E-state index contributed by atoms with van der Waals surface area (Å²) < 4.78 is 1.02. The summed E-state index contributed by atoms with van der Waals surface area (Å²) in [4.78, 5) is 49.1. The zero-order valence-electron chi connectivity index (χ0n) is 16.1. The number of nitro groups is 1. The molecule has 0 aliphatic rings. The summed E-state index contributed by atoms with van der Waals surface area (Å²) in [6, 6.07) is 16.6. The van der Waals surface area contributed by atoms with Crippen LogP contribution in [-0.4, -0.2) is 21.2 Å². The Morgan fingerprint density at radius 2 is 1.70 bits per heavy atom. The maximum atomic E-state index is 13.2. The molecule has 0 aliphatic carbocycles. The molecule has 0 saturated carbocycles. The van der Waals surface area contributed by atoms with Gasteiger partial charge in [-0.3, -0.25) is 29.1 Å². The Kier molecular flexibility index (Phi) is 6.17. The molecule has 2 atom stereocenters. The van der Waals surface area contributed by atoms with Gasteiger partial charge in [0.2, 0.25) is 0 Å². The first kappa shape index (κ1) is 20.7. The van der Waals surface area contributed by atoms with Crippen LogP contribution in [0.1, 0.15) is 34.9 Å². The van der Waals surface area contributed by atoms with Crippen LogP contribution in [0.15, 0.2) is 83.8 Å². The number of benzene rings is 2. The van der Waals surface area contributed by atoms with E-state index in [0.717, 1.165) is 16.2 Å². The molecule has 8 nitrogen and oxygen atoms in total. The maximum Gasteiger partial charge on any atom is 0.270 e. The number of amides is 1. The average Bonchev–Trinajstić information content (AvgIpc) is 2.75. The highest BCUT2D eigenvalue weighted by molar-refractivity contribution is 6.12. The molecule has 1 amide bonds. The number of rotatable bonds is 7. The van der Waals surface area contributed by atoms with Crippen LogP contribution in [0.3, 0.4) is 0 Å². The van der Waals surface area contributed by atoms with Crippen molar-refractivity contribution < 1.29 is 14.5 Å². The molecule has 0 aliphatic heterocycles. The van der Waals surface area contributed by atoms with E-state index in [-0.39, 0.29) is 11.3 Å². The minimum absolute atomic E-state index is 0.0348. The van der Waals surface area contributed by atoms with Gasteiger partial charge in [0.05, 0.1) is 11.0 Å². The third-order valence-corrected chi connectivity index (χ3v) is 4.63. The second kappa shape index (κ2) is 8.95. The van der Waals surface area contributed by atoms with Crippen molar-refractivity contribution in [2.45, 2.75) is 19.0 Å². The largest absolute Gasteiger partial charge is 0.347 e. The van der Waals surface area contributed by atoms with E-state index in [1.54, 1.807) is 6.92 Å². The highest BCUT2D eigenvalue weighted by Gasteiger charge is 2.31. The molecule has 0 bridgehead atoms. The Hall–Kier alpha value is -4.07. The number of Topliss-reactive ketones (excluding diaryl/α,β-unsaturated/α-hetero) is 1. The molecule has 1 N–H and O–H groups in total. The van der Waals surface area contributed by atoms with E-state index in [1.807, 2.05) is 30.3 Å². The van der Waals surface area contributed by atoms with Gasteiger partial charge in [0.15, 0.2) is 11.8 Å². The molecule has 152 valence electrons. The van der Waals surface area contributed by atoms with Gasteiger partial charge in [0, 0.05) is 30.0 Å². The topological polar surface area (TPSA) is 111 Å². The van der Waals surface area contributed by atoms with Crippen LogP contribution < -0.4 is 10.9 Å². The molecule has 0 saturated heterocycles. The van der Waals surface area contributed by atoms with E-state index in [4.69, 9.17) is 0 Å². The second-order valence-corrected chi connectivity index (χ2v) is 6.66. The van der Waals surface area contributed by atoms with E-state index in [1.165, 1.54) is 42.6 Å². The highest BCUT2D eigenvalue weighted by atomic mass is 16.6. The minimum Gasteiger partial charge on any atom is -0.347 e. The van der Waals surface area contributed by atoms with Crippen LogP contribution in [0.5, 0.6) is 0 Å². The quantitative estimate of drug-likeness (QED) is 0.281. The van der Waals surface area contributed by atoms with Gasteiger partial charge in [-0.05, 0) is 18.6 Å². The van der Waals surface area contributed by atoms with Crippen LogP contribution in [0.25, 0.3) is 0 Å². The zero-order chi connectivity index (χ0) is 21.7. The highest BCUT2D eigenvalue weighted by Crippen LogP contribution is 2.20. The standard InChI is InChI=1S/C22H19N3O5/c1-15(16-8-3-2-4-9-16)23-22(28)20(24-13-6-5-12-19(24)26)21(27)17-10-7-11-18(14-17)25(29)30/h2-15,20H,1H3,(H,23,28)/t15-,20-/m0/s1. The Morgan fingerprint density at radius 3 is 2.37 bits per heavy atom. The lowest BCUT2D eigenvalue weighted by atomic mass is 10.0. The van der Waals surface area contributed by atoms with Gasteiger partial charge >= 0.3 is 0 Å². The summed E-state index contributed by atoms with van der Waals surface area (Å²) in [5.74, 6) is -1.40. The lowest BCUT2D eigenvalue weighted by molar-refractivity contribution is -0.384. The van der Waals surface area contributed by atoms with Crippen molar-refractivity contribution in [3.05, 3.63) is 111 Å². The Balaban J connectivity index is 1.99. The minimum atomic E-state index is -1.51. The molecule has 0 unspecified atom stereocenters. The number of nitrogens with one attached hydrogen (secondary N) is 1. The molecular weight excluding hydrogens is 386 g/mol. The van der Waals surface area contributed by atoms with E-state index in [9.17, 15) is 24.5 Å². The average molecular weight is 405 g/mol. The molecule has 30 heavy (non-hydrogen) atoms. The number of hydrogen-bond acceptors (Lipinski definition) is 5. The number of ketones is 1. The van der Waals surface area contributed by atoms with Crippen molar-refractivity contribution in [2.24, 2.45) is 0 Å². The maximum absolute atomic E-state index is 13.2. The summed E-state index contributed by atoms with van der Waals surface area (Å²) in [6.07, 6.45) is 1.34. The number of aromatic nitrogens is 1. The lowest BCUT2D eigenvalue weighted by Crippen LogP contribution is -2.42. The SMILES string of the molecule is C[C@H](NC(=O)[C@H](C(=O)c1cccc([N+](=O)[O-])c1)n1ccccc1=O)c1ccccc1. The van der Waals surface area contributed by atoms with E-state index in [0.29, 0.717) is 0 Å². The smallest absolute Gasteiger partial charge is 0.270 e. The number of carbonyl (C=O) groups excluding carboxylic acids is 2. The van der Waals surface area contributed by atoms with Crippen molar-refractivity contribution in [2.75, 3.05) is 0 Å². The molecule has 3 rings (SSSR count). The number of pyridine rings is 1. The van der Waals surface area contributed by atoms with Gasteiger partial charge in [0.25, 0.3) is 17.2 Å². The molecule has 0 spiro atoms. The monoisotopic (exact) mass is 405 g/mol. The number of non-ortho nitro benzene ring substituents is 1. The molecule has 0 fully saturated rings. The zero-order valence-corrected chi connectivity index (χ0v) is 16.1. The molecule has 0 radical (unpaired) electrons. The van der Waals surface area contributed by atoms with Crippen LogP contribution in [0.4, 0.5) is 5.69 Å². The molecule has 2 aromatic carbocycles. The van der Waals surface area contributed by atoms with Crippen molar-refractivity contribution in [1.29, 1.82) is 0 Å². The molecule has 3 aromatic rings. The van der Waals surface area contributed by atoms with Crippen molar-refractivity contribution in [3.63, 3.8) is 0 Å². The molecule has 1 aromatic heterocycles. The first-order chi connectivity index (χ1) is 14.4. The predicted molar refractivity (Wildman–Crippen MR) is 110 cm³/mol. The fourth-order valence-electron chi connectivity index (χ4n) is 3.07.